The molecule has 9 nitrogen and oxygen atoms in total. The van der Waals surface area contributed by atoms with E-state index in [0.29, 0.717) is 23.5 Å². The highest BCUT2D eigenvalue weighted by molar-refractivity contribution is 5.76. The Labute approximate surface area is 151 Å². The quantitative estimate of drug-likeness (QED) is 0.723. The summed E-state index contributed by atoms with van der Waals surface area (Å²) in [4.78, 5) is 30.1. The second-order valence-electron chi connectivity index (χ2n) is 6.85. The largest absolute Gasteiger partial charge is 0.340 e. The number of aryl methyl sites for hydroxylation is 1. The van der Waals surface area contributed by atoms with Crippen LogP contribution in [0.25, 0.3) is 22.6 Å². The molecular formula is C17H24N8O. The monoisotopic (exact) mass is 356 g/mol. The predicted octanol–water partition coefficient (Wildman–Crippen LogP) is 0.980. The van der Waals surface area contributed by atoms with Gasteiger partial charge in [0.2, 0.25) is 5.95 Å². The minimum Gasteiger partial charge on any atom is -0.340 e. The first kappa shape index (κ1) is 16.8. The van der Waals surface area contributed by atoms with Crippen LogP contribution in [-0.4, -0.2) is 67.8 Å². The van der Waals surface area contributed by atoms with Crippen molar-refractivity contribution in [3.8, 4) is 11.4 Å². The van der Waals surface area contributed by atoms with Crippen LogP contribution in [0.3, 0.4) is 0 Å². The molecule has 0 spiro atoms. The fourth-order valence-electron chi connectivity index (χ4n) is 3.36. The first-order valence-corrected chi connectivity index (χ1v) is 9.03. The average molecular weight is 356 g/mol. The van der Waals surface area contributed by atoms with Gasteiger partial charge in [-0.05, 0) is 20.4 Å². The average Bonchev–Trinajstić information content (AvgIpc) is 3.24. The maximum absolute atomic E-state index is 13.1. The van der Waals surface area contributed by atoms with E-state index in [0.717, 1.165) is 49.8 Å². The highest BCUT2D eigenvalue weighted by Gasteiger charge is 2.22. The number of imidazole rings is 1. The molecule has 9 heteroatoms. The van der Waals surface area contributed by atoms with E-state index in [2.05, 4.69) is 43.9 Å². The van der Waals surface area contributed by atoms with Gasteiger partial charge in [0, 0.05) is 38.4 Å². The third-order valence-electron chi connectivity index (χ3n) is 4.91. The zero-order chi connectivity index (χ0) is 18.3. The second-order valence-corrected chi connectivity index (χ2v) is 6.85. The molecular weight excluding hydrogens is 332 g/mol. The van der Waals surface area contributed by atoms with Crippen molar-refractivity contribution in [2.45, 2.75) is 26.8 Å². The van der Waals surface area contributed by atoms with E-state index in [1.807, 2.05) is 6.92 Å². The molecule has 0 amide bonds. The van der Waals surface area contributed by atoms with Crippen molar-refractivity contribution in [3.63, 3.8) is 0 Å². The van der Waals surface area contributed by atoms with Gasteiger partial charge in [-0.2, -0.15) is 10.1 Å². The normalized spacial score (nSPS) is 15.9. The number of rotatable bonds is 4. The number of H-pyrrole nitrogens is 2. The highest BCUT2D eigenvalue weighted by atomic mass is 16.1. The van der Waals surface area contributed by atoms with Gasteiger partial charge in [0.05, 0.1) is 11.8 Å². The molecule has 1 aliphatic heterocycles. The smallest absolute Gasteiger partial charge is 0.280 e. The van der Waals surface area contributed by atoms with Gasteiger partial charge in [0.15, 0.2) is 11.2 Å². The molecule has 1 fully saturated rings. The third-order valence-corrected chi connectivity index (χ3v) is 4.91. The number of hydrogen-bond acceptors (Lipinski definition) is 6. The van der Waals surface area contributed by atoms with Crippen LogP contribution in [0.4, 0.5) is 5.95 Å². The molecule has 0 bridgehead atoms. The lowest BCUT2D eigenvalue weighted by Crippen LogP contribution is -2.46. The number of piperazine rings is 1. The number of nitrogens with one attached hydrogen (secondary N) is 2. The summed E-state index contributed by atoms with van der Waals surface area (Å²) in [5.41, 5.74) is 2.60. The van der Waals surface area contributed by atoms with E-state index in [9.17, 15) is 4.79 Å². The van der Waals surface area contributed by atoms with Gasteiger partial charge >= 0.3 is 0 Å². The maximum atomic E-state index is 13.1. The summed E-state index contributed by atoms with van der Waals surface area (Å²) in [6, 6.07) is 0. The van der Waals surface area contributed by atoms with Crippen molar-refractivity contribution in [2.24, 2.45) is 0 Å². The van der Waals surface area contributed by atoms with Crippen LogP contribution in [0.2, 0.25) is 0 Å². The topological polar surface area (TPSA) is 98.7 Å². The number of hydrogen-bond donors (Lipinski definition) is 2. The summed E-state index contributed by atoms with van der Waals surface area (Å²) in [7, 11) is 2.11. The Morgan fingerprint density at radius 3 is 2.62 bits per heavy atom. The van der Waals surface area contributed by atoms with Crippen molar-refractivity contribution in [3.05, 3.63) is 22.2 Å². The molecule has 1 aliphatic rings. The SMILES string of the molecule is CCCn1c(N2CCN(C)CC2)nc2nc(-c3cn[nH]c3C)[nH]c2c1=O. The fraction of sp³-hybridized carbons (Fsp3) is 0.529. The predicted molar refractivity (Wildman–Crippen MR) is 100 cm³/mol. The zero-order valence-corrected chi connectivity index (χ0v) is 15.4. The minimum absolute atomic E-state index is 0.0642. The summed E-state index contributed by atoms with van der Waals surface area (Å²) in [6.45, 7) is 8.26. The number of nitrogens with zero attached hydrogens (tertiary/aromatic N) is 6. The van der Waals surface area contributed by atoms with Crippen LogP contribution in [0, 0.1) is 6.92 Å². The van der Waals surface area contributed by atoms with Crippen LogP contribution in [-0.2, 0) is 6.54 Å². The molecule has 4 rings (SSSR count). The first-order valence-electron chi connectivity index (χ1n) is 9.03. The standard InChI is InChI=1S/C17H24N8O/c1-4-5-25-16(26)13-15(20-14(19-13)12-10-18-22-11(12)2)21-17(25)24-8-6-23(3)7-9-24/h10H,4-9H2,1-3H3,(H,18,22)(H,19,20). The van der Waals surface area contributed by atoms with E-state index in [1.165, 1.54) is 0 Å². The molecule has 0 radical (unpaired) electrons. The summed E-state index contributed by atoms with van der Waals surface area (Å²) in [6.07, 6.45) is 2.58. The zero-order valence-electron chi connectivity index (χ0n) is 15.4. The molecule has 26 heavy (non-hydrogen) atoms. The van der Waals surface area contributed by atoms with Crippen molar-refractivity contribution in [1.29, 1.82) is 0 Å². The molecule has 0 unspecified atom stereocenters. The highest BCUT2D eigenvalue weighted by Crippen LogP contribution is 2.22. The van der Waals surface area contributed by atoms with Crippen LogP contribution >= 0.6 is 0 Å². The van der Waals surface area contributed by atoms with Crippen molar-refractivity contribution in [2.75, 3.05) is 38.1 Å². The Hall–Kier alpha value is -2.68. The van der Waals surface area contributed by atoms with E-state index < -0.39 is 0 Å². The lowest BCUT2D eigenvalue weighted by atomic mass is 10.2. The van der Waals surface area contributed by atoms with Crippen molar-refractivity contribution >= 4 is 17.1 Å². The number of fused-ring (bicyclic) bond motifs is 1. The Morgan fingerprint density at radius 1 is 1.19 bits per heavy atom. The number of anilines is 1. The van der Waals surface area contributed by atoms with Gasteiger partial charge in [0.1, 0.15) is 5.82 Å². The molecule has 1 saturated heterocycles. The van der Waals surface area contributed by atoms with Crippen molar-refractivity contribution < 1.29 is 0 Å². The molecule has 0 aliphatic carbocycles. The minimum atomic E-state index is -0.0642. The second kappa shape index (κ2) is 6.56. The molecule has 2 N–H and O–H groups in total. The Bertz CT molecular complexity index is 976. The van der Waals surface area contributed by atoms with Gasteiger partial charge in [-0.15, -0.1) is 0 Å². The fourth-order valence-corrected chi connectivity index (χ4v) is 3.36. The lowest BCUT2D eigenvalue weighted by Gasteiger charge is -2.34. The van der Waals surface area contributed by atoms with Crippen molar-refractivity contribution in [1.82, 2.24) is 34.6 Å². The molecule has 3 aromatic heterocycles. The van der Waals surface area contributed by atoms with Gasteiger partial charge in [-0.1, -0.05) is 6.92 Å². The van der Waals surface area contributed by atoms with Crippen LogP contribution in [0.15, 0.2) is 11.0 Å². The van der Waals surface area contributed by atoms with Gasteiger partial charge < -0.3 is 14.8 Å². The van der Waals surface area contributed by atoms with Crippen LogP contribution in [0.5, 0.6) is 0 Å². The maximum Gasteiger partial charge on any atom is 0.280 e. The summed E-state index contributed by atoms with van der Waals surface area (Å²) in [5, 5.41) is 6.93. The Balaban J connectivity index is 1.84. The van der Waals surface area contributed by atoms with E-state index >= 15 is 0 Å². The molecule has 0 aromatic carbocycles. The molecule has 0 saturated carbocycles. The van der Waals surface area contributed by atoms with E-state index in [4.69, 9.17) is 4.98 Å². The Morgan fingerprint density at radius 2 is 1.96 bits per heavy atom. The van der Waals surface area contributed by atoms with Crippen LogP contribution < -0.4 is 10.5 Å². The van der Waals surface area contributed by atoms with Crippen LogP contribution in [0.1, 0.15) is 19.0 Å². The molecule has 4 heterocycles. The molecule has 3 aromatic rings. The summed E-state index contributed by atoms with van der Waals surface area (Å²) < 4.78 is 1.78. The van der Waals surface area contributed by atoms with Gasteiger partial charge in [-0.3, -0.25) is 14.5 Å². The van der Waals surface area contributed by atoms with E-state index in [1.54, 1.807) is 10.8 Å². The first-order chi connectivity index (χ1) is 12.6. The number of aromatic nitrogens is 6. The molecule has 0 atom stereocenters. The number of likely N-dealkylation sites (N-methyl/N-ethyl adjacent to an activating group) is 1. The van der Waals surface area contributed by atoms with Gasteiger partial charge in [0.25, 0.3) is 5.56 Å². The number of aromatic amines is 2. The third kappa shape index (κ3) is 2.78. The molecule has 138 valence electrons. The van der Waals surface area contributed by atoms with E-state index in [-0.39, 0.29) is 5.56 Å². The lowest BCUT2D eigenvalue weighted by molar-refractivity contribution is 0.309. The Kier molecular flexibility index (Phi) is 4.23. The van der Waals surface area contributed by atoms with Gasteiger partial charge in [-0.25, -0.2) is 4.98 Å². The summed E-state index contributed by atoms with van der Waals surface area (Å²) >= 11 is 0. The summed E-state index contributed by atoms with van der Waals surface area (Å²) in [5.74, 6) is 1.34.